The maximum atomic E-state index is 12.4. The number of methoxy groups -OCH3 is 1. The molecule has 1 aromatic rings. The Kier molecular flexibility index (Phi) is 3.43. The smallest absolute Gasteiger partial charge is 0.184 e. The first-order valence-corrected chi connectivity index (χ1v) is 5.94. The first-order chi connectivity index (χ1) is 8.15. The third kappa shape index (κ3) is 2.47. The molecule has 1 aliphatic rings. The Morgan fingerprint density at radius 3 is 2.94 bits per heavy atom. The maximum absolute atomic E-state index is 12.4. The number of nitrogens with zero attached hydrogens (tertiary/aromatic N) is 1. The second kappa shape index (κ2) is 4.84. The van der Waals surface area contributed by atoms with Gasteiger partial charge in [0.15, 0.2) is 5.78 Å². The highest BCUT2D eigenvalue weighted by Gasteiger charge is 2.34. The van der Waals surface area contributed by atoms with Crippen molar-refractivity contribution in [2.45, 2.75) is 31.7 Å². The van der Waals surface area contributed by atoms with Gasteiger partial charge in [-0.1, -0.05) is 0 Å². The van der Waals surface area contributed by atoms with E-state index in [2.05, 4.69) is 10.3 Å². The van der Waals surface area contributed by atoms with Crippen molar-refractivity contribution >= 4 is 5.78 Å². The molecule has 17 heavy (non-hydrogen) atoms. The average Bonchev–Trinajstić information content (AvgIpc) is 2.39. The highest BCUT2D eigenvalue weighted by molar-refractivity contribution is 6.03. The summed E-state index contributed by atoms with van der Waals surface area (Å²) in [5, 5.41) is 3.31. The number of nitrogens with one attached hydrogen (secondary N) is 1. The lowest BCUT2D eigenvalue weighted by Gasteiger charge is -2.33. The Hall–Kier alpha value is -1.42. The molecule has 4 heteroatoms. The first-order valence-electron chi connectivity index (χ1n) is 5.94. The number of rotatable bonds is 3. The lowest BCUT2D eigenvalue weighted by molar-refractivity contribution is 0.0834. The summed E-state index contributed by atoms with van der Waals surface area (Å²) >= 11 is 0. The molecule has 1 fully saturated rings. The van der Waals surface area contributed by atoms with Crippen LogP contribution in [0.5, 0.6) is 5.75 Å². The van der Waals surface area contributed by atoms with Crippen LogP contribution in [0.25, 0.3) is 0 Å². The minimum atomic E-state index is -0.452. The van der Waals surface area contributed by atoms with Crippen molar-refractivity contribution < 1.29 is 9.53 Å². The highest BCUT2D eigenvalue weighted by Crippen LogP contribution is 2.24. The molecule has 1 aliphatic heterocycles. The van der Waals surface area contributed by atoms with Crippen LogP contribution in [0.4, 0.5) is 0 Å². The van der Waals surface area contributed by atoms with Crippen molar-refractivity contribution in [3.05, 3.63) is 24.0 Å². The van der Waals surface area contributed by atoms with E-state index in [1.54, 1.807) is 25.6 Å². The van der Waals surface area contributed by atoms with Crippen molar-refractivity contribution in [3.8, 4) is 5.75 Å². The van der Waals surface area contributed by atoms with Crippen LogP contribution < -0.4 is 10.1 Å². The van der Waals surface area contributed by atoms with Crippen LogP contribution in [0.1, 0.15) is 36.5 Å². The van der Waals surface area contributed by atoms with Gasteiger partial charge < -0.3 is 10.1 Å². The zero-order valence-electron chi connectivity index (χ0n) is 10.3. The third-order valence-electron chi connectivity index (χ3n) is 3.33. The van der Waals surface area contributed by atoms with E-state index in [4.69, 9.17) is 4.74 Å². The number of carbonyl (C=O) groups excluding carboxylic acids is 1. The Bertz CT molecular complexity index is 412. The standard InChI is InChI=1S/C13H18N2O2/c1-13(5-3-4-6-15-13)12(16)10-7-11(17-2)9-14-8-10/h7-9,15H,3-6H2,1-2H3. The van der Waals surface area contributed by atoms with E-state index in [1.807, 2.05) is 6.92 Å². The lowest BCUT2D eigenvalue weighted by atomic mass is 9.84. The minimum absolute atomic E-state index is 0.101. The second-order valence-corrected chi connectivity index (χ2v) is 4.66. The van der Waals surface area contributed by atoms with Crippen LogP contribution in [0.2, 0.25) is 0 Å². The molecule has 1 N–H and O–H groups in total. The molecule has 0 radical (unpaired) electrons. The number of piperidine rings is 1. The molecule has 0 saturated carbocycles. The largest absolute Gasteiger partial charge is 0.495 e. The van der Waals surface area contributed by atoms with Crippen LogP contribution in [0.3, 0.4) is 0 Å². The Balaban J connectivity index is 2.23. The maximum Gasteiger partial charge on any atom is 0.184 e. The van der Waals surface area contributed by atoms with Crippen LogP contribution in [0, 0.1) is 0 Å². The van der Waals surface area contributed by atoms with Crippen molar-refractivity contribution in [1.82, 2.24) is 10.3 Å². The SMILES string of the molecule is COc1cncc(C(=O)C2(C)CCCCN2)c1. The van der Waals surface area contributed by atoms with Gasteiger partial charge in [0.2, 0.25) is 0 Å². The molecule has 0 amide bonds. The molecular weight excluding hydrogens is 216 g/mol. The van der Waals surface area contributed by atoms with E-state index >= 15 is 0 Å². The predicted molar refractivity (Wildman–Crippen MR) is 65.4 cm³/mol. The zero-order valence-corrected chi connectivity index (χ0v) is 10.3. The summed E-state index contributed by atoms with van der Waals surface area (Å²) in [6.45, 7) is 2.87. The van der Waals surface area contributed by atoms with Gasteiger partial charge in [0.05, 0.1) is 18.8 Å². The van der Waals surface area contributed by atoms with Crippen molar-refractivity contribution in [2.24, 2.45) is 0 Å². The Labute approximate surface area is 101 Å². The highest BCUT2D eigenvalue weighted by atomic mass is 16.5. The third-order valence-corrected chi connectivity index (χ3v) is 3.33. The summed E-state index contributed by atoms with van der Waals surface area (Å²) in [6, 6.07) is 1.75. The summed E-state index contributed by atoms with van der Waals surface area (Å²) in [6.07, 6.45) is 6.31. The molecule has 0 spiro atoms. The monoisotopic (exact) mass is 234 g/mol. The van der Waals surface area contributed by atoms with Gasteiger partial charge in [0, 0.05) is 11.8 Å². The van der Waals surface area contributed by atoms with Crippen molar-refractivity contribution in [1.29, 1.82) is 0 Å². The number of aromatic nitrogens is 1. The molecule has 1 unspecified atom stereocenters. The second-order valence-electron chi connectivity index (χ2n) is 4.66. The van der Waals surface area contributed by atoms with Crippen LogP contribution >= 0.6 is 0 Å². The van der Waals surface area contributed by atoms with Gasteiger partial charge in [-0.2, -0.15) is 0 Å². The number of ether oxygens (including phenoxy) is 1. The molecule has 92 valence electrons. The molecule has 0 bridgehead atoms. The van der Waals surface area contributed by atoms with Crippen LogP contribution in [-0.4, -0.2) is 30.0 Å². The van der Waals surface area contributed by atoms with E-state index in [-0.39, 0.29) is 5.78 Å². The van der Waals surface area contributed by atoms with E-state index < -0.39 is 5.54 Å². The van der Waals surface area contributed by atoms with E-state index in [0.29, 0.717) is 11.3 Å². The summed E-state index contributed by atoms with van der Waals surface area (Å²) in [5.74, 6) is 0.721. The fourth-order valence-electron chi connectivity index (χ4n) is 2.22. The van der Waals surface area contributed by atoms with Gasteiger partial charge in [-0.3, -0.25) is 9.78 Å². The predicted octanol–water partition coefficient (Wildman–Crippen LogP) is 1.81. The number of pyridine rings is 1. The Morgan fingerprint density at radius 1 is 1.47 bits per heavy atom. The quantitative estimate of drug-likeness (QED) is 0.810. The van der Waals surface area contributed by atoms with Crippen molar-refractivity contribution in [3.63, 3.8) is 0 Å². The molecule has 1 saturated heterocycles. The van der Waals surface area contributed by atoms with Gasteiger partial charge in [-0.15, -0.1) is 0 Å². The van der Waals surface area contributed by atoms with Gasteiger partial charge in [-0.25, -0.2) is 0 Å². The lowest BCUT2D eigenvalue weighted by Crippen LogP contribution is -2.52. The van der Waals surface area contributed by atoms with Crippen molar-refractivity contribution in [2.75, 3.05) is 13.7 Å². The number of ketones is 1. The van der Waals surface area contributed by atoms with Gasteiger partial charge >= 0.3 is 0 Å². The normalized spacial score (nSPS) is 24.4. The van der Waals surface area contributed by atoms with Crippen LogP contribution in [-0.2, 0) is 0 Å². The van der Waals surface area contributed by atoms with E-state index in [0.717, 1.165) is 25.8 Å². The average molecular weight is 234 g/mol. The summed E-state index contributed by atoms with van der Waals surface area (Å²) in [4.78, 5) is 16.5. The minimum Gasteiger partial charge on any atom is -0.495 e. The zero-order chi connectivity index (χ0) is 12.3. The number of carbonyl (C=O) groups is 1. The fraction of sp³-hybridized carbons (Fsp3) is 0.538. The molecule has 2 rings (SSSR count). The van der Waals surface area contributed by atoms with Crippen LogP contribution in [0.15, 0.2) is 18.5 Å². The number of hydrogen-bond donors (Lipinski definition) is 1. The molecule has 0 aliphatic carbocycles. The molecule has 4 nitrogen and oxygen atoms in total. The topological polar surface area (TPSA) is 51.2 Å². The molecular formula is C13H18N2O2. The molecule has 2 heterocycles. The van der Waals surface area contributed by atoms with E-state index in [9.17, 15) is 4.79 Å². The fourth-order valence-corrected chi connectivity index (χ4v) is 2.22. The van der Waals surface area contributed by atoms with E-state index in [1.165, 1.54) is 0 Å². The van der Waals surface area contributed by atoms with Gasteiger partial charge in [-0.05, 0) is 38.8 Å². The first kappa shape index (κ1) is 12.0. The summed E-state index contributed by atoms with van der Waals surface area (Å²) < 4.78 is 5.09. The number of Topliss-reactive ketones (excluding diaryl/α,β-unsaturated/α-hetero) is 1. The number of hydrogen-bond acceptors (Lipinski definition) is 4. The Morgan fingerprint density at radius 2 is 2.29 bits per heavy atom. The summed E-state index contributed by atoms with van der Waals surface area (Å²) in [5.41, 5.74) is 0.160. The molecule has 1 aromatic heterocycles. The molecule has 0 aromatic carbocycles. The molecule has 1 atom stereocenters. The van der Waals surface area contributed by atoms with Gasteiger partial charge in [0.25, 0.3) is 0 Å². The summed E-state index contributed by atoms with van der Waals surface area (Å²) in [7, 11) is 1.58. The van der Waals surface area contributed by atoms with Gasteiger partial charge in [0.1, 0.15) is 5.75 Å².